The summed E-state index contributed by atoms with van der Waals surface area (Å²) in [6.45, 7) is 7.60. The summed E-state index contributed by atoms with van der Waals surface area (Å²) in [5.74, 6) is 2.21. The third-order valence-electron chi connectivity index (χ3n) is 4.23. The Balaban J connectivity index is 1.69. The summed E-state index contributed by atoms with van der Waals surface area (Å²) < 4.78 is 6.30. The molecule has 0 aliphatic carbocycles. The summed E-state index contributed by atoms with van der Waals surface area (Å²) in [5.41, 5.74) is 1.17. The van der Waals surface area contributed by atoms with E-state index in [2.05, 4.69) is 44.9 Å². The maximum Gasteiger partial charge on any atom is 0.112 e. The van der Waals surface area contributed by atoms with Crippen LogP contribution in [0, 0.1) is 0 Å². The molecular weight excluding hydrogens is 282 g/mol. The molecule has 1 aliphatic heterocycles. The van der Waals surface area contributed by atoms with Crippen LogP contribution in [0.4, 0.5) is 0 Å². The van der Waals surface area contributed by atoms with Gasteiger partial charge in [0.25, 0.3) is 0 Å². The molecule has 3 rings (SSSR count). The Morgan fingerprint density at radius 3 is 3.00 bits per heavy atom. The van der Waals surface area contributed by atoms with Crippen LogP contribution in [0.3, 0.4) is 0 Å². The summed E-state index contributed by atoms with van der Waals surface area (Å²) in [5, 5.41) is 4.29. The van der Waals surface area contributed by atoms with Crippen LogP contribution < -0.4 is 0 Å². The van der Waals surface area contributed by atoms with Crippen LogP contribution in [0.1, 0.15) is 54.9 Å². The highest BCUT2D eigenvalue weighted by Gasteiger charge is 2.25. The van der Waals surface area contributed by atoms with Crippen molar-refractivity contribution in [2.75, 3.05) is 13.1 Å². The zero-order valence-electron chi connectivity index (χ0n) is 13.0. The lowest BCUT2D eigenvalue weighted by atomic mass is 9.97. The molecule has 0 N–H and O–H groups in total. The first-order valence-electron chi connectivity index (χ1n) is 7.66. The molecule has 2 aromatic rings. The molecule has 21 heavy (non-hydrogen) atoms. The molecule has 0 unspecified atom stereocenters. The molecule has 0 amide bonds. The van der Waals surface area contributed by atoms with Crippen molar-refractivity contribution in [2.24, 2.45) is 7.05 Å². The molecule has 1 saturated heterocycles. The fourth-order valence-electron chi connectivity index (χ4n) is 3.15. The Hall–Kier alpha value is -1.27. The van der Waals surface area contributed by atoms with Gasteiger partial charge in [-0.2, -0.15) is 0 Å². The van der Waals surface area contributed by atoms with Gasteiger partial charge in [-0.25, -0.2) is 4.98 Å². The van der Waals surface area contributed by atoms with E-state index in [1.165, 1.54) is 29.2 Å². The minimum Gasteiger partial charge on any atom is -0.338 e. The Kier molecular flexibility index (Phi) is 4.35. The monoisotopic (exact) mass is 305 g/mol. The van der Waals surface area contributed by atoms with Gasteiger partial charge in [-0.05, 0) is 36.8 Å². The van der Waals surface area contributed by atoms with Crippen molar-refractivity contribution in [2.45, 2.75) is 45.1 Å². The molecule has 5 nitrogen and oxygen atoms in total. The fourth-order valence-corrected chi connectivity index (χ4v) is 3.98. The summed E-state index contributed by atoms with van der Waals surface area (Å²) in [6, 6.07) is 0. The first kappa shape index (κ1) is 14.7. The second kappa shape index (κ2) is 6.23. The first-order chi connectivity index (χ1) is 10.1. The molecule has 6 heteroatoms. The van der Waals surface area contributed by atoms with Gasteiger partial charge in [0.2, 0.25) is 0 Å². The number of piperidine rings is 1. The van der Waals surface area contributed by atoms with Gasteiger partial charge >= 0.3 is 0 Å². The van der Waals surface area contributed by atoms with Crippen molar-refractivity contribution in [3.05, 3.63) is 28.8 Å². The second-order valence-electron chi connectivity index (χ2n) is 6.21. The topological polar surface area (TPSA) is 46.8 Å². The zero-order chi connectivity index (χ0) is 14.8. The normalized spacial score (nSPS) is 20.3. The van der Waals surface area contributed by atoms with Gasteiger partial charge in [-0.3, -0.25) is 4.90 Å². The Morgan fingerprint density at radius 1 is 1.43 bits per heavy atom. The SMILES string of the molecule is CC(C)c1nnsc1CN1CCC[C@H](c2nccn2C)C1. The van der Waals surface area contributed by atoms with Gasteiger partial charge in [-0.1, -0.05) is 18.3 Å². The molecule has 0 spiro atoms. The number of hydrogen-bond donors (Lipinski definition) is 0. The van der Waals surface area contributed by atoms with E-state index < -0.39 is 0 Å². The van der Waals surface area contributed by atoms with E-state index in [1.807, 2.05) is 12.4 Å². The van der Waals surface area contributed by atoms with E-state index in [-0.39, 0.29) is 0 Å². The van der Waals surface area contributed by atoms with Crippen LogP contribution in [0.25, 0.3) is 0 Å². The Bertz CT molecular complexity index is 588. The summed E-state index contributed by atoms with van der Waals surface area (Å²) in [4.78, 5) is 8.39. The molecule has 114 valence electrons. The highest BCUT2D eigenvalue weighted by molar-refractivity contribution is 7.05. The van der Waals surface area contributed by atoms with E-state index in [1.54, 1.807) is 11.5 Å². The quantitative estimate of drug-likeness (QED) is 0.871. The molecular formula is C15H23N5S. The van der Waals surface area contributed by atoms with E-state index in [0.29, 0.717) is 11.8 Å². The maximum absolute atomic E-state index is 4.53. The number of aryl methyl sites for hydroxylation is 1. The molecule has 0 saturated carbocycles. The lowest BCUT2D eigenvalue weighted by Gasteiger charge is -2.32. The van der Waals surface area contributed by atoms with Crippen LogP contribution in [0.15, 0.2) is 12.4 Å². The van der Waals surface area contributed by atoms with Crippen LogP contribution in [0.5, 0.6) is 0 Å². The van der Waals surface area contributed by atoms with Crippen LogP contribution >= 0.6 is 11.5 Å². The molecule has 1 fully saturated rings. The highest BCUT2D eigenvalue weighted by Crippen LogP contribution is 2.28. The van der Waals surface area contributed by atoms with Gasteiger partial charge in [0, 0.05) is 38.4 Å². The largest absolute Gasteiger partial charge is 0.338 e. The van der Waals surface area contributed by atoms with Gasteiger partial charge in [0.05, 0.1) is 10.6 Å². The summed E-state index contributed by atoms with van der Waals surface area (Å²) in [7, 11) is 2.09. The van der Waals surface area contributed by atoms with E-state index in [4.69, 9.17) is 0 Å². The van der Waals surface area contributed by atoms with Gasteiger partial charge in [0.1, 0.15) is 5.82 Å². The summed E-state index contributed by atoms with van der Waals surface area (Å²) >= 11 is 1.55. The summed E-state index contributed by atoms with van der Waals surface area (Å²) in [6.07, 6.45) is 6.41. The minimum absolute atomic E-state index is 0.453. The molecule has 1 atom stereocenters. The molecule has 0 radical (unpaired) electrons. The molecule has 3 heterocycles. The first-order valence-corrected chi connectivity index (χ1v) is 8.43. The number of hydrogen-bond acceptors (Lipinski definition) is 5. The smallest absolute Gasteiger partial charge is 0.112 e. The van der Waals surface area contributed by atoms with Crippen LogP contribution in [0.2, 0.25) is 0 Å². The third-order valence-corrected chi connectivity index (χ3v) is 4.95. The third kappa shape index (κ3) is 3.16. The van der Waals surface area contributed by atoms with Crippen molar-refractivity contribution >= 4 is 11.5 Å². The van der Waals surface area contributed by atoms with Crippen LogP contribution in [-0.4, -0.2) is 37.1 Å². The maximum atomic E-state index is 4.53. The van der Waals surface area contributed by atoms with Gasteiger partial charge in [-0.15, -0.1) is 5.10 Å². The van der Waals surface area contributed by atoms with Crippen molar-refractivity contribution in [3.63, 3.8) is 0 Å². The Labute approximate surface area is 130 Å². The molecule has 1 aliphatic rings. The number of imidazole rings is 1. The number of likely N-dealkylation sites (tertiary alicyclic amines) is 1. The standard InChI is InChI=1S/C15H23N5S/c1-11(2)14-13(21-18-17-14)10-20-7-4-5-12(9-20)15-16-6-8-19(15)3/h6,8,11-12H,4-5,7,9-10H2,1-3H3/t12-/m0/s1. The van der Waals surface area contributed by atoms with Crippen molar-refractivity contribution < 1.29 is 0 Å². The predicted octanol–water partition coefficient (Wildman–Crippen LogP) is 2.77. The van der Waals surface area contributed by atoms with Crippen molar-refractivity contribution in [1.29, 1.82) is 0 Å². The molecule has 0 aromatic carbocycles. The molecule has 2 aromatic heterocycles. The number of aromatic nitrogens is 4. The van der Waals surface area contributed by atoms with E-state index >= 15 is 0 Å². The zero-order valence-corrected chi connectivity index (χ0v) is 13.8. The van der Waals surface area contributed by atoms with Crippen molar-refractivity contribution in [3.8, 4) is 0 Å². The predicted molar refractivity (Wildman–Crippen MR) is 84.5 cm³/mol. The van der Waals surface area contributed by atoms with Gasteiger partial charge in [0.15, 0.2) is 0 Å². The average molecular weight is 305 g/mol. The highest BCUT2D eigenvalue weighted by atomic mass is 32.1. The van der Waals surface area contributed by atoms with E-state index in [0.717, 1.165) is 19.6 Å². The number of nitrogens with zero attached hydrogens (tertiary/aromatic N) is 5. The Morgan fingerprint density at radius 2 is 2.29 bits per heavy atom. The van der Waals surface area contributed by atoms with E-state index in [9.17, 15) is 0 Å². The lowest BCUT2D eigenvalue weighted by molar-refractivity contribution is 0.196. The van der Waals surface area contributed by atoms with Crippen molar-refractivity contribution in [1.82, 2.24) is 24.0 Å². The lowest BCUT2D eigenvalue weighted by Crippen LogP contribution is -2.34. The molecule has 0 bridgehead atoms. The second-order valence-corrected chi connectivity index (χ2v) is 7.05. The number of rotatable bonds is 4. The van der Waals surface area contributed by atoms with Gasteiger partial charge < -0.3 is 4.57 Å². The fraction of sp³-hybridized carbons (Fsp3) is 0.667. The average Bonchev–Trinajstić information content (AvgIpc) is 3.08. The van der Waals surface area contributed by atoms with Crippen LogP contribution in [-0.2, 0) is 13.6 Å². The minimum atomic E-state index is 0.453.